The first-order valence-corrected chi connectivity index (χ1v) is 7.42. The number of nitrogens with one attached hydrogen (secondary N) is 1. The first kappa shape index (κ1) is 14.5. The smallest absolute Gasteiger partial charge is 0.0252 e. The lowest BCUT2D eigenvalue weighted by Crippen LogP contribution is -2.47. The minimum Gasteiger partial charge on any atom is -0.310 e. The Morgan fingerprint density at radius 3 is 2.79 bits per heavy atom. The third kappa shape index (κ3) is 3.80. The van der Waals surface area contributed by atoms with Crippen LogP contribution in [0, 0.1) is 13.8 Å². The fraction of sp³-hybridized carbons (Fsp3) is 0.647. The summed E-state index contributed by atoms with van der Waals surface area (Å²) in [4.78, 5) is 2.63. The Hall–Kier alpha value is -0.860. The molecule has 1 aliphatic rings. The van der Waals surface area contributed by atoms with Crippen molar-refractivity contribution >= 4 is 0 Å². The van der Waals surface area contributed by atoms with E-state index >= 15 is 0 Å². The molecule has 0 bridgehead atoms. The highest BCUT2D eigenvalue weighted by molar-refractivity contribution is 5.30. The minimum atomic E-state index is 0.211. The molecule has 1 saturated heterocycles. The van der Waals surface area contributed by atoms with Gasteiger partial charge >= 0.3 is 0 Å². The summed E-state index contributed by atoms with van der Waals surface area (Å²) in [6, 6.07) is 7.44. The molecule has 0 radical (unpaired) electrons. The van der Waals surface area contributed by atoms with Crippen molar-refractivity contribution in [3.63, 3.8) is 0 Å². The molecule has 0 spiro atoms. The second-order valence-corrected chi connectivity index (χ2v) is 6.78. The van der Waals surface area contributed by atoms with Gasteiger partial charge in [0.05, 0.1) is 0 Å². The summed E-state index contributed by atoms with van der Waals surface area (Å²) in [7, 11) is 0. The van der Waals surface area contributed by atoms with Crippen LogP contribution in [0.2, 0.25) is 0 Å². The highest BCUT2D eigenvalue weighted by Crippen LogP contribution is 2.20. The molecule has 1 atom stereocenters. The molecule has 1 aromatic carbocycles. The quantitative estimate of drug-likeness (QED) is 0.878. The fourth-order valence-corrected chi connectivity index (χ4v) is 2.92. The van der Waals surface area contributed by atoms with Crippen molar-refractivity contribution in [2.75, 3.05) is 13.1 Å². The monoisotopic (exact) mass is 260 g/mol. The van der Waals surface area contributed by atoms with Gasteiger partial charge < -0.3 is 5.32 Å². The summed E-state index contributed by atoms with van der Waals surface area (Å²) in [6.07, 6.45) is 1.23. The van der Waals surface area contributed by atoms with E-state index in [9.17, 15) is 0 Å². The van der Waals surface area contributed by atoms with E-state index in [2.05, 4.69) is 63.0 Å². The molecular weight excluding hydrogens is 232 g/mol. The maximum atomic E-state index is 3.65. The van der Waals surface area contributed by atoms with E-state index in [1.807, 2.05) is 0 Å². The molecule has 2 nitrogen and oxygen atoms in total. The first-order valence-electron chi connectivity index (χ1n) is 7.42. The number of aryl methyl sites for hydroxylation is 2. The Morgan fingerprint density at radius 2 is 2.05 bits per heavy atom. The van der Waals surface area contributed by atoms with Crippen molar-refractivity contribution in [3.05, 3.63) is 34.9 Å². The number of nitrogens with zero attached hydrogens (tertiary/aromatic N) is 1. The normalized spacial score (nSPS) is 24.2. The summed E-state index contributed by atoms with van der Waals surface area (Å²) < 4.78 is 0. The molecule has 1 unspecified atom stereocenters. The highest BCUT2D eigenvalue weighted by Gasteiger charge is 2.27. The van der Waals surface area contributed by atoms with Crippen LogP contribution in [0.15, 0.2) is 18.2 Å². The maximum Gasteiger partial charge on any atom is 0.0252 e. The Bertz CT molecular complexity index is 437. The molecule has 1 aliphatic heterocycles. The molecule has 1 N–H and O–H groups in total. The molecule has 1 fully saturated rings. The highest BCUT2D eigenvalue weighted by atomic mass is 15.2. The van der Waals surface area contributed by atoms with Crippen LogP contribution in [0.3, 0.4) is 0 Å². The molecular formula is C17H28N2. The summed E-state index contributed by atoms with van der Waals surface area (Å²) in [6.45, 7) is 14.7. The van der Waals surface area contributed by atoms with E-state index in [0.29, 0.717) is 6.04 Å². The number of hydrogen-bond acceptors (Lipinski definition) is 2. The van der Waals surface area contributed by atoms with Crippen LogP contribution in [0.1, 0.15) is 43.9 Å². The molecule has 1 aromatic rings. The van der Waals surface area contributed by atoms with Gasteiger partial charge in [0.25, 0.3) is 0 Å². The lowest BCUT2D eigenvalue weighted by atomic mass is 10.0. The van der Waals surface area contributed by atoms with Crippen molar-refractivity contribution < 1.29 is 0 Å². The van der Waals surface area contributed by atoms with Crippen LogP contribution in [0.4, 0.5) is 0 Å². The van der Waals surface area contributed by atoms with Crippen molar-refractivity contribution in [1.29, 1.82) is 0 Å². The van der Waals surface area contributed by atoms with Gasteiger partial charge in [-0.15, -0.1) is 0 Å². The molecule has 0 saturated carbocycles. The third-order valence-corrected chi connectivity index (χ3v) is 4.27. The largest absolute Gasteiger partial charge is 0.310 e. The van der Waals surface area contributed by atoms with Gasteiger partial charge in [-0.05, 0) is 58.7 Å². The predicted molar refractivity (Wildman–Crippen MR) is 82.5 cm³/mol. The number of hydrogen-bond donors (Lipinski definition) is 1. The molecule has 0 aromatic heterocycles. The van der Waals surface area contributed by atoms with Crippen LogP contribution < -0.4 is 5.32 Å². The summed E-state index contributed by atoms with van der Waals surface area (Å²) in [5, 5.41) is 3.65. The molecule has 0 amide bonds. The van der Waals surface area contributed by atoms with Crippen LogP contribution >= 0.6 is 0 Å². The minimum absolute atomic E-state index is 0.211. The molecule has 19 heavy (non-hydrogen) atoms. The van der Waals surface area contributed by atoms with Crippen molar-refractivity contribution in [3.8, 4) is 0 Å². The van der Waals surface area contributed by atoms with E-state index in [-0.39, 0.29) is 5.54 Å². The van der Waals surface area contributed by atoms with Crippen molar-refractivity contribution in [2.24, 2.45) is 0 Å². The number of benzene rings is 1. The first-order chi connectivity index (χ1) is 8.87. The summed E-state index contributed by atoms with van der Waals surface area (Å²) in [5.74, 6) is 0. The van der Waals surface area contributed by atoms with E-state index < -0.39 is 0 Å². The Kier molecular flexibility index (Phi) is 4.32. The van der Waals surface area contributed by atoms with E-state index in [0.717, 1.165) is 19.6 Å². The molecule has 0 aliphatic carbocycles. The number of rotatable bonds is 2. The second-order valence-electron chi connectivity index (χ2n) is 6.78. The zero-order valence-electron chi connectivity index (χ0n) is 13.1. The topological polar surface area (TPSA) is 15.3 Å². The fourth-order valence-electron chi connectivity index (χ4n) is 2.92. The molecule has 1 heterocycles. The molecule has 2 rings (SSSR count). The predicted octanol–water partition coefficient (Wildman–Crippen LogP) is 3.27. The van der Waals surface area contributed by atoms with E-state index in [1.165, 1.54) is 23.1 Å². The van der Waals surface area contributed by atoms with Crippen molar-refractivity contribution in [2.45, 2.75) is 59.2 Å². The maximum absolute atomic E-state index is 3.65. The van der Waals surface area contributed by atoms with Gasteiger partial charge in [-0.25, -0.2) is 0 Å². The zero-order chi connectivity index (χ0) is 14.0. The van der Waals surface area contributed by atoms with Gasteiger partial charge in [0.2, 0.25) is 0 Å². The zero-order valence-corrected chi connectivity index (χ0v) is 13.1. The SMILES string of the molecule is Cc1ccc(C)c(CN2CC(C)(C)NCCC2C)c1. The van der Waals surface area contributed by atoms with Crippen LogP contribution in [-0.2, 0) is 6.54 Å². The van der Waals surface area contributed by atoms with Gasteiger partial charge in [-0.1, -0.05) is 23.8 Å². The standard InChI is InChI=1S/C17H28N2/c1-13-6-7-14(2)16(10-13)11-19-12-17(4,5)18-9-8-15(19)3/h6-7,10,15,18H,8-9,11-12H2,1-5H3. The Morgan fingerprint density at radius 1 is 1.32 bits per heavy atom. The van der Waals surface area contributed by atoms with Gasteiger partial charge in [0.15, 0.2) is 0 Å². The summed E-state index contributed by atoms with van der Waals surface area (Å²) in [5.41, 5.74) is 4.46. The van der Waals surface area contributed by atoms with Crippen LogP contribution in [0.5, 0.6) is 0 Å². The molecule has 2 heteroatoms. The van der Waals surface area contributed by atoms with Crippen LogP contribution in [0.25, 0.3) is 0 Å². The van der Waals surface area contributed by atoms with Crippen molar-refractivity contribution in [1.82, 2.24) is 10.2 Å². The average molecular weight is 260 g/mol. The van der Waals surface area contributed by atoms with Gasteiger partial charge in [0.1, 0.15) is 0 Å². The third-order valence-electron chi connectivity index (χ3n) is 4.27. The van der Waals surface area contributed by atoms with Crippen LogP contribution in [-0.4, -0.2) is 29.6 Å². The lowest BCUT2D eigenvalue weighted by Gasteiger charge is -2.33. The van der Waals surface area contributed by atoms with Gasteiger partial charge in [0, 0.05) is 24.7 Å². The average Bonchev–Trinajstić information content (AvgIpc) is 2.43. The van der Waals surface area contributed by atoms with E-state index in [4.69, 9.17) is 0 Å². The molecule has 106 valence electrons. The van der Waals surface area contributed by atoms with Gasteiger partial charge in [-0.3, -0.25) is 4.90 Å². The second kappa shape index (κ2) is 5.64. The summed E-state index contributed by atoms with van der Waals surface area (Å²) >= 11 is 0. The lowest BCUT2D eigenvalue weighted by molar-refractivity contribution is 0.173. The van der Waals surface area contributed by atoms with E-state index in [1.54, 1.807) is 0 Å². The Labute approximate surface area is 118 Å². The van der Waals surface area contributed by atoms with Gasteiger partial charge in [-0.2, -0.15) is 0 Å². The Balaban J connectivity index is 2.17.